The van der Waals surface area contributed by atoms with Crippen LogP contribution in [0, 0.1) is 5.92 Å². The maximum atomic E-state index is 6.08. The van der Waals surface area contributed by atoms with E-state index in [1.807, 2.05) is 7.05 Å². The highest BCUT2D eigenvalue weighted by molar-refractivity contribution is 6.21. The van der Waals surface area contributed by atoms with E-state index in [2.05, 4.69) is 19.2 Å². The van der Waals surface area contributed by atoms with Crippen molar-refractivity contribution in [2.24, 2.45) is 5.92 Å². The molecule has 1 N–H and O–H groups in total. The van der Waals surface area contributed by atoms with Gasteiger partial charge in [-0.2, -0.15) is 0 Å². The Morgan fingerprint density at radius 3 is 2.10 bits per heavy atom. The molecule has 1 nitrogen and oxygen atoms in total. The number of hydrogen-bond acceptors (Lipinski definition) is 1. The van der Waals surface area contributed by atoms with Gasteiger partial charge in [-0.3, -0.25) is 0 Å². The maximum absolute atomic E-state index is 6.08. The molecule has 62 valence electrons. The summed E-state index contributed by atoms with van der Waals surface area (Å²) in [6, 6.07) is 0. The summed E-state index contributed by atoms with van der Waals surface area (Å²) >= 11 is 6.08. The number of nitrogens with one attached hydrogen (secondary N) is 1. The van der Waals surface area contributed by atoms with Crippen molar-refractivity contribution >= 4 is 11.6 Å². The second kappa shape index (κ2) is 5.99. The Kier molecular flexibility index (Phi) is 6.14. The molecule has 10 heavy (non-hydrogen) atoms. The molecule has 1 unspecified atom stereocenters. The average Bonchev–Trinajstić information content (AvgIpc) is 1.91. The molecule has 0 radical (unpaired) electrons. The Morgan fingerprint density at radius 2 is 1.80 bits per heavy atom. The van der Waals surface area contributed by atoms with E-state index >= 15 is 0 Å². The molecule has 0 spiro atoms. The summed E-state index contributed by atoms with van der Waals surface area (Å²) in [4.78, 5) is 0. The van der Waals surface area contributed by atoms with E-state index in [1.54, 1.807) is 0 Å². The van der Waals surface area contributed by atoms with Gasteiger partial charge in [0.2, 0.25) is 0 Å². The van der Waals surface area contributed by atoms with Gasteiger partial charge in [0, 0.05) is 11.9 Å². The molecule has 0 aromatic rings. The standard InChI is InChI=1S/C8H18ClN/c1-4-7(5-2)8(9)6-10-3/h7-8,10H,4-6H2,1-3H3. The van der Waals surface area contributed by atoms with Crippen LogP contribution in [-0.4, -0.2) is 19.0 Å². The molecule has 0 rings (SSSR count). The van der Waals surface area contributed by atoms with Gasteiger partial charge in [-0.05, 0) is 13.0 Å². The highest BCUT2D eigenvalue weighted by atomic mass is 35.5. The molecule has 0 amide bonds. The molecule has 0 aliphatic heterocycles. The van der Waals surface area contributed by atoms with E-state index in [0.29, 0.717) is 11.3 Å². The first kappa shape index (κ1) is 10.2. The summed E-state index contributed by atoms with van der Waals surface area (Å²) in [5, 5.41) is 3.39. The third-order valence-electron chi connectivity index (χ3n) is 1.96. The van der Waals surface area contributed by atoms with Crippen LogP contribution in [0.25, 0.3) is 0 Å². The van der Waals surface area contributed by atoms with E-state index < -0.39 is 0 Å². The van der Waals surface area contributed by atoms with Crippen LogP contribution in [0.3, 0.4) is 0 Å². The summed E-state index contributed by atoms with van der Waals surface area (Å²) in [6.45, 7) is 5.31. The predicted molar refractivity (Wildman–Crippen MR) is 47.6 cm³/mol. The van der Waals surface area contributed by atoms with Gasteiger partial charge in [-0.25, -0.2) is 0 Å². The zero-order valence-electron chi connectivity index (χ0n) is 7.15. The van der Waals surface area contributed by atoms with Crippen LogP contribution >= 0.6 is 11.6 Å². The fourth-order valence-corrected chi connectivity index (χ4v) is 1.67. The molecule has 0 fully saturated rings. The quantitative estimate of drug-likeness (QED) is 0.614. The van der Waals surface area contributed by atoms with Crippen molar-refractivity contribution in [2.75, 3.05) is 13.6 Å². The molecule has 0 saturated heterocycles. The Labute approximate surface area is 69.1 Å². The van der Waals surface area contributed by atoms with Crippen LogP contribution in [0.5, 0.6) is 0 Å². The maximum Gasteiger partial charge on any atom is 0.0488 e. The lowest BCUT2D eigenvalue weighted by Crippen LogP contribution is -2.25. The fraction of sp³-hybridized carbons (Fsp3) is 1.00. The van der Waals surface area contributed by atoms with Gasteiger partial charge < -0.3 is 5.32 Å². The van der Waals surface area contributed by atoms with Crippen LogP contribution in [0.2, 0.25) is 0 Å². The van der Waals surface area contributed by atoms with Gasteiger partial charge >= 0.3 is 0 Å². The zero-order valence-corrected chi connectivity index (χ0v) is 7.91. The van der Waals surface area contributed by atoms with Gasteiger partial charge in [-0.15, -0.1) is 11.6 Å². The van der Waals surface area contributed by atoms with Crippen molar-refractivity contribution in [2.45, 2.75) is 32.1 Å². The number of alkyl halides is 1. The van der Waals surface area contributed by atoms with E-state index in [-0.39, 0.29) is 0 Å². The molecule has 0 saturated carbocycles. The van der Waals surface area contributed by atoms with Crippen molar-refractivity contribution in [3.05, 3.63) is 0 Å². The zero-order chi connectivity index (χ0) is 7.98. The lowest BCUT2D eigenvalue weighted by Gasteiger charge is -2.18. The van der Waals surface area contributed by atoms with Crippen molar-refractivity contribution < 1.29 is 0 Å². The Balaban J connectivity index is 3.53. The van der Waals surface area contributed by atoms with Crippen molar-refractivity contribution in [1.29, 1.82) is 0 Å². The molecule has 2 heteroatoms. The monoisotopic (exact) mass is 163 g/mol. The summed E-state index contributed by atoms with van der Waals surface area (Å²) in [5.41, 5.74) is 0. The lowest BCUT2D eigenvalue weighted by molar-refractivity contribution is 0.455. The topological polar surface area (TPSA) is 12.0 Å². The first-order valence-corrected chi connectivity index (χ1v) is 4.48. The van der Waals surface area contributed by atoms with Crippen LogP contribution in [0.15, 0.2) is 0 Å². The minimum Gasteiger partial charge on any atom is -0.318 e. The third kappa shape index (κ3) is 3.43. The average molecular weight is 164 g/mol. The lowest BCUT2D eigenvalue weighted by atomic mass is 9.99. The van der Waals surface area contributed by atoms with Gasteiger partial charge in [-0.1, -0.05) is 26.7 Å². The minimum atomic E-state index is 0.306. The van der Waals surface area contributed by atoms with E-state index in [4.69, 9.17) is 11.6 Å². The van der Waals surface area contributed by atoms with E-state index in [0.717, 1.165) is 6.54 Å². The first-order chi connectivity index (χ1) is 4.76. The summed E-state index contributed by atoms with van der Waals surface area (Å²) in [5.74, 6) is 0.675. The van der Waals surface area contributed by atoms with Crippen LogP contribution in [0.1, 0.15) is 26.7 Å². The third-order valence-corrected chi connectivity index (χ3v) is 2.47. The SMILES string of the molecule is CCC(CC)C(Cl)CNC. The Hall–Kier alpha value is 0.250. The molecular weight excluding hydrogens is 146 g/mol. The first-order valence-electron chi connectivity index (χ1n) is 4.04. The molecule has 1 atom stereocenters. The van der Waals surface area contributed by atoms with E-state index in [9.17, 15) is 0 Å². The Bertz CT molecular complexity index is 71.7. The molecule has 0 aliphatic carbocycles. The fourth-order valence-electron chi connectivity index (χ4n) is 1.16. The second-order valence-electron chi connectivity index (χ2n) is 2.65. The minimum absolute atomic E-state index is 0.306. The Morgan fingerprint density at radius 1 is 1.30 bits per heavy atom. The smallest absolute Gasteiger partial charge is 0.0488 e. The highest BCUT2D eigenvalue weighted by Gasteiger charge is 2.13. The largest absolute Gasteiger partial charge is 0.318 e. The summed E-state index contributed by atoms with van der Waals surface area (Å²) in [7, 11) is 1.94. The van der Waals surface area contributed by atoms with Gasteiger partial charge in [0.15, 0.2) is 0 Å². The summed E-state index contributed by atoms with van der Waals surface area (Å²) < 4.78 is 0. The molecule has 0 aromatic heterocycles. The molecule has 0 aliphatic rings. The van der Waals surface area contributed by atoms with Gasteiger partial charge in [0.25, 0.3) is 0 Å². The van der Waals surface area contributed by atoms with Gasteiger partial charge in [0.05, 0.1) is 0 Å². The molecule has 0 aromatic carbocycles. The van der Waals surface area contributed by atoms with E-state index in [1.165, 1.54) is 12.8 Å². The number of halogens is 1. The van der Waals surface area contributed by atoms with Crippen molar-refractivity contribution in [1.82, 2.24) is 5.32 Å². The van der Waals surface area contributed by atoms with Crippen molar-refractivity contribution in [3.8, 4) is 0 Å². The second-order valence-corrected chi connectivity index (χ2v) is 3.21. The number of hydrogen-bond donors (Lipinski definition) is 1. The molecular formula is C8H18ClN. The number of rotatable bonds is 5. The molecule has 0 bridgehead atoms. The normalized spacial score (nSPS) is 14.1. The molecule has 0 heterocycles. The van der Waals surface area contributed by atoms with Crippen LogP contribution in [-0.2, 0) is 0 Å². The van der Waals surface area contributed by atoms with Crippen LogP contribution < -0.4 is 5.32 Å². The predicted octanol–water partition coefficient (Wildman–Crippen LogP) is 2.25. The highest BCUT2D eigenvalue weighted by Crippen LogP contribution is 2.17. The summed E-state index contributed by atoms with van der Waals surface area (Å²) in [6.07, 6.45) is 2.37. The van der Waals surface area contributed by atoms with Crippen LogP contribution in [0.4, 0.5) is 0 Å². The van der Waals surface area contributed by atoms with Gasteiger partial charge in [0.1, 0.15) is 0 Å². The van der Waals surface area contributed by atoms with Crippen molar-refractivity contribution in [3.63, 3.8) is 0 Å².